The van der Waals surface area contributed by atoms with Crippen molar-refractivity contribution in [1.29, 1.82) is 0 Å². The number of halogens is 1. The summed E-state index contributed by atoms with van der Waals surface area (Å²) in [7, 11) is 1.28. The molecule has 2 rings (SSSR count). The number of nitrogens with zero attached hydrogens (tertiary/aromatic N) is 2. The third kappa shape index (κ3) is 2.85. The Balaban J connectivity index is 2.21. The zero-order valence-corrected chi connectivity index (χ0v) is 10.8. The zero-order chi connectivity index (χ0) is 14.7. The predicted octanol–water partition coefficient (Wildman–Crippen LogP) is 2.65. The normalized spacial score (nSPS) is 10.3. The van der Waals surface area contributed by atoms with Gasteiger partial charge in [-0.2, -0.15) is 0 Å². The van der Waals surface area contributed by atoms with Gasteiger partial charge in [-0.05, 0) is 6.92 Å². The van der Waals surface area contributed by atoms with Crippen LogP contribution in [0.3, 0.4) is 0 Å². The molecule has 0 fully saturated rings. The molecule has 0 saturated carbocycles. The molecule has 7 nitrogen and oxygen atoms in total. The lowest BCUT2D eigenvalue weighted by Gasteiger charge is -2.08. The Labute approximate surface area is 113 Å². The van der Waals surface area contributed by atoms with Crippen molar-refractivity contribution in [2.75, 3.05) is 12.4 Å². The third-order valence-electron chi connectivity index (χ3n) is 2.60. The van der Waals surface area contributed by atoms with E-state index in [1.807, 2.05) is 0 Å². The first-order chi connectivity index (χ1) is 9.51. The van der Waals surface area contributed by atoms with Crippen LogP contribution in [0.15, 0.2) is 22.7 Å². The van der Waals surface area contributed by atoms with Gasteiger partial charge in [0.15, 0.2) is 11.6 Å². The van der Waals surface area contributed by atoms with Crippen molar-refractivity contribution in [2.45, 2.75) is 13.5 Å². The van der Waals surface area contributed by atoms with Gasteiger partial charge in [0.1, 0.15) is 11.5 Å². The number of ether oxygens (including phenoxy) is 1. The Hall–Kier alpha value is -2.64. The maximum Gasteiger partial charge on any atom is 0.313 e. The summed E-state index contributed by atoms with van der Waals surface area (Å²) in [6.07, 6.45) is 0. The van der Waals surface area contributed by atoms with Crippen molar-refractivity contribution in [3.8, 4) is 5.75 Å². The lowest BCUT2D eigenvalue weighted by Crippen LogP contribution is -2.03. The van der Waals surface area contributed by atoms with E-state index in [4.69, 9.17) is 9.26 Å². The highest BCUT2D eigenvalue weighted by Crippen LogP contribution is 2.32. The highest BCUT2D eigenvalue weighted by atomic mass is 19.1. The number of aromatic nitrogens is 1. The van der Waals surface area contributed by atoms with Gasteiger partial charge in [-0.1, -0.05) is 5.16 Å². The van der Waals surface area contributed by atoms with Gasteiger partial charge in [0.05, 0.1) is 30.3 Å². The second-order valence-corrected chi connectivity index (χ2v) is 4.04. The molecule has 0 spiro atoms. The topological polar surface area (TPSA) is 90.4 Å². The molecule has 0 aliphatic carbocycles. The van der Waals surface area contributed by atoms with Crippen molar-refractivity contribution in [3.05, 3.63) is 45.6 Å². The van der Waals surface area contributed by atoms with E-state index in [0.29, 0.717) is 11.5 Å². The Morgan fingerprint density at radius 1 is 1.50 bits per heavy atom. The smallest absolute Gasteiger partial charge is 0.313 e. The van der Waals surface area contributed by atoms with Gasteiger partial charge in [0.25, 0.3) is 0 Å². The number of hydrogen-bond donors (Lipinski definition) is 1. The van der Waals surface area contributed by atoms with Crippen LogP contribution in [0.4, 0.5) is 15.8 Å². The molecule has 0 amide bonds. The first-order valence-electron chi connectivity index (χ1n) is 5.69. The average molecular weight is 281 g/mol. The largest absolute Gasteiger partial charge is 0.490 e. The lowest BCUT2D eigenvalue weighted by molar-refractivity contribution is -0.385. The third-order valence-corrected chi connectivity index (χ3v) is 2.60. The van der Waals surface area contributed by atoms with Crippen LogP contribution in [0.2, 0.25) is 0 Å². The zero-order valence-electron chi connectivity index (χ0n) is 10.8. The van der Waals surface area contributed by atoms with Gasteiger partial charge in [-0.25, -0.2) is 4.39 Å². The van der Waals surface area contributed by atoms with Gasteiger partial charge >= 0.3 is 5.69 Å². The number of methoxy groups -OCH3 is 1. The molecule has 2 aromatic rings. The van der Waals surface area contributed by atoms with Crippen LogP contribution >= 0.6 is 0 Å². The van der Waals surface area contributed by atoms with Crippen molar-refractivity contribution in [1.82, 2.24) is 5.16 Å². The number of anilines is 1. The average Bonchev–Trinajstić information content (AvgIpc) is 2.82. The maximum atomic E-state index is 13.8. The van der Waals surface area contributed by atoms with E-state index in [0.717, 1.165) is 6.07 Å². The first kappa shape index (κ1) is 13.8. The molecule has 1 aromatic heterocycles. The minimum Gasteiger partial charge on any atom is -0.490 e. The molecule has 1 aromatic carbocycles. The quantitative estimate of drug-likeness (QED) is 0.669. The fourth-order valence-corrected chi connectivity index (χ4v) is 1.67. The first-order valence-corrected chi connectivity index (χ1v) is 5.69. The summed E-state index contributed by atoms with van der Waals surface area (Å²) in [4.78, 5) is 10.0. The van der Waals surface area contributed by atoms with Gasteiger partial charge < -0.3 is 14.6 Å². The highest BCUT2D eigenvalue weighted by Gasteiger charge is 2.19. The fraction of sp³-hybridized carbons (Fsp3) is 0.250. The Morgan fingerprint density at radius 2 is 2.25 bits per heavy atom. The molecule has 20 heavy (non-hydrogen) atoms. The number of rotatable bonds is 5. The Kier molecular flexibility index (Phi) is 3.83. The molecule has 0 bridgehead atoms. The number of nitro groups is 1. The van der Waals surface area contributed by atoms with E-state index in [1.54, 1.807) is 13.0 Å². The highest BCUT2D eigenvalue weighted by molar-refractivity contribution is 5.59. The number of nitrogens with one attached hydrogen (secondary N) is 1. The summed E-state index contributed by atoms with van der Waals surface area (Å²) in [5.41, 5.74) is 0.264. The molecule has 0 unspecified atom stereocenters. The summed E-state index contributed by atoms with van der Waals surface area (Å²) >= 11 is 0. The number of hydrogen-bond acceptors (Lipinski definition) is 6. The lowest BCUT2D eigenvalue weighted by atomic mass is 10.2. The second kappa shape index (κ2) is 5.55. The number of benzene rings is 1. The van der Waals surface area contributed by atoms with Crippen molar-refractivity contribution in [3.63, 3.8) is 0 Å². The van der Waals surface area contributed by atoms with Gasteiger partial charge in [-0.3, -0.25) is 10.1 Å². The van der Waals surface area contributed by atoms with Gasteiger partial charge in [0, 0.05) is 12.1 Å². The van der Waals surface area contributed by atoms with E-state index in [-0.39, 0.29) is 18.0 Å². The molecule has 0 aliphatic heterocycles. The molecular weight excluding hydrogens is 269 g/mol. The van der Waals surface area contributed by atoms with Crippen LogP contribution < -0.4 is 10.1 Å². The standard InChI is InChI=1S/C12H12FN3O4/c1-7-3-8(15-20-7)6-14-10-5-12(19-2)11(16(17)18)4-9(10)13/h3-5,14H,6H2,1-2H3. The summed E-state index contributed by atoms with van der Waals surface area (Å²) in [5.74, 6) is -0.114. The van der Waals surface area contributed by atoms with Crippen molar-refractivity contribution in [2.24, 2.45) is 0 Å². The monoisotopic (exact) mass is 281 g/mol. The van der Waals surface area contributed by atoms with E-state index >= 15 is 0 Å². The number of aryl methyl sites for hydroxylation is 1. The fourth-order valence-electron chi connectivity index (χ4n) is 1.67. The van der Waals surface area contributed by atoms with Crippen LogP contribution in [-0.2, 0) is 6.54 Å². The van der Waals surface area contributed by atoms with Crippen LogP contribution in [0.25, 0.3) is 0 Å². The summed E-state index contributed by atoms with van der Waals surface area (Å²) in [6.45, 7) is 1.97. The molecule has 1 heterocycles. The van der Waals surface area contributed by atoms with Crippen LogP contribution in [-0.4, -0.2) is 17.2 Å². The van der Waals surface area contributed by atoms with Crippen molar-refractivity contribution >= 4 is 11.4 Å². The SMILES string of the molecule is COc1cc(NCc2cc(C)on2)c(F)cc1[N+](=O)[O-]. The molecule has 106 valence electrons. The van der Waals surface area contributed by atoms with E-state index in [2.05, 4.69) is 10.5 Å². The Morgan fingerprint density at radius 3 is 2.80 bits per heavy atom. The van der Waals surface area contributed by atoms with E-state index in [9.17, 15) is 14.5 Å². The molecule has 1 N–H and O–H groups in total. The molecule has 0 atom stereocenters. The summed E-state index contributed by atoms with van der Waals surface area (Å²) in [6, 6.07) is 3.75. The van der Waals surface area contributed by atoms with Crippen LogP contribution in [0.1, 0.15) is 11.5 Å². The number of nitro benzene ring substituents is 1. The second-order valence-electron chi connectivity index (χ2n) is 4.04. The predicted molar refractivity (Wildman–Crippen MR) is 68.2 cm³/mol. The Bertz CT molecular complexity index is 642. The molecule has 0 saturated heterocycles. The van der Waals surface area contributed by atoms with Gasteiger partial charge in [-0.15, -0.1) is 0 Å². The molecular formula is C12H12FN3O4. The summed E-state index contributed by atoms with van der Waals surface area (Å²) in [5, 5.41) is 17.3. The van der Waals surface area contributed by atoms with Crippen LogP contribution in [0, 0.1) is 22.9 Å². The molecule has 0 aliphatic rings. The maximum absolute atomic E-state index is 13.8. The van der Waals surface area contributed by atoms with Crippen LogP contribution in [0.5, 0.6) is 5.75 Å². The van der Waals surface area contributed by atoms with E-state index < -0.39 is 16.4 Å². The van der Waals surface area contributed by atoms with Gasteiger partial charge in [0.2, 0.25) is 0 Å². The minimum absolute atomic E-state index is 0.0183. The van der Waals surface area contributed by atoms with E-state index in [1.165, 1.54) is 13.2 Å². The minimum atomic E-state index is -0.738. The van der Waals surface area contributed by atoms with Crippen molar-refractivity contribution < 1.29 is 18.6 Å². The molecule has 0 radical (unpaired) electrons. The summed E-state index contributed by atoms with van der Waals surface area (Å²) < 4.78 is 23.5. The molecule has 8 heteroatoms.